The molecule has 0 unspecified atom stereocenters. The molecule has 3 nitrogen and oxygen atoms in total. The van der Waals surface area contributed by atoms with Gasteiger partial charge in [0.25, 0.3) is 5.91 Å². The number of aryl methyl sites for hydroxylation is 1. The number of carbonyl (C=O) groups excluding carboxylic acids is 1. The summed E-state index contributed by atoms with van der Waals surface area (Å²) >= 11 is 1.48. The maximum Gasteiger partial charge on any atom is 0.263 e. The van der Waals surface area contributed by atoms with Crippen molar-refractivity contribution >= 4 is 33.0 Å². The summed E-state index contributed by atoms with van der Waals surface area (Å²) in [4.78, 5) is 13.2. The molecule has 2 aromatic rings. The minimum absolute atomic E-state index is 0.0463. The van der Waals surface area contributed by atoms with Crippen LogP contribution in [0.25, 0.3) is 10.1 Å². The first-order valence-electron chi connectivity index (χ1n) is 7.26. The Morgan fingerprint density at radius 3 is 2.43 bits per heavy atom. The number of anilines is 1. The average Bonchev–Trinajstić information content (AvgIpc) is 2.69. The van der Waals surface area contributed by atoms with Crippen LogP contribution in [-0.4, -0.2) is 11.9 Å². The quantitative estimate of drug-likeness (QED) is 0.882. The van der Waals surface area contributed by atoms with Crippen molar-refractivity contribution in [3.63, 3.8) is 0 Å². The molecule has 1 heterocycles. The summed E-state index contributed by atoms with van der Waals surface area (Å²) in [6.07, 6.45) is 0. The minimum Gasteiger partial charge on any atom is -0.397 e. The largest absolute Gasteiger partial charge is 0.397 e. The molecule has 0 aliphatic heterocycles. The maximum atomic E-state index is 12.6. The molecule has 0 bridgehead atoms. The van der Waals surface area contributed by atoms with E-state index in [0.29, 0.717) is 10.6 Å². The van der Waals surface area contributed by atoms with E-state index in [4.69, 9.17) is 5.73 Å². The summed E-state index contributed by atoms with van der Waals surface area (Å²) < 4.78 is 1.08. The number of rotatable bonds is 2. The summed E-state index contributed by atoms with van der Waals surface area (Å²) in [6.45, 7) is 10.8. The second kappa shape index (κ2) is 4.23. The first-order valence-corrected chi connectivity index (χ1v) is 8.07. The van der Waals surface area contributed by atoms with Crippen molar-refractivity contribution in [1.29, 1.82) is 0 Å². The van der Waals surface area contributed by atoms with E-state index in [1.54, 1.807) is 0 Å². The molecule has 1 fully saturated rings. The Kier molecular flexibility index (Phi) is 2.90. The molecule has 21 heavy (non-hydrogen) atoms. The first kappa shape index (κ1) is 14.4. The summed E-state index contributed by atoms with van der Waals surface area (Å²) in [5, 5.41) is 4.14. The van der Waals surface area contributed by atoms with Gasteiger partial charge in [0.15, 0.2) is 0 Å². The molecular formula is C17H22N2OS. The van der Waals surface area contributed by atoms with E-state index in [-0.39, 0.29) is 22.8 Å². The first-order chi connectivity index (χ1) is 9.66. The van der Waals surface area contributed by atoms with Crippen LogP contribution in [0.5, 0.6) is 0 Å². The fourth-order valence-corrected chi connectivity index (χ4v) is 4.27. The third-order valence-electron chi connectivity index (χ3n) is 5.39. The van der Waals surface area contributed by atoms with Crippen molar-refractivity contribution in [2.45, 2.75) is 40.7 Å². The molecule has 1 amide bonds. The normalized spacial score (nSPS) is 19.7. The minimum atomic E-state index is -0.0463. The Morgan fingerprint density at radius 1 is 1.24 bits per heavy atom. The van der Waals surface area contributed by atoms with Crippen molar-refractivity contribution in [3.8, 4) is 0 Å². The number of carbonyl (C=O) groups is 1. The van der Waals surface area contributed by atoms with Crippen LogP contribution in [0, 0.1) is 17.8 Å². The number of hydrogen-bond acceptors (Lipinski definition) is 3. The Bertz CT molecular complexity index is 729. The fraction of sp³-hybridized carbons (Fsp3) is 0.471. The zero-order valence-electron chi connectivity index (χ0n) is 13.2. The van der Waals surface area contributed by atoms with E-state index in [2.05, 4.69) is 39.1 Å². The van der Waals surface area contributed by atoms with Crippen LogP contribution in [0.15, 0.2) is 18.2 Å². The third-order valence-corrected chi connectivity index (χ3v) is 6.55. The number of nitrogens with one attached hydrogen (secondary N) is 1. The molecule has 0 spiro atoms. The highest BCUT2D eigenvalue weighted by Gasteiger charge is 2.65. The fourth-order valence-electron chi connectivity index (χ4n) is 3.15. The molecule has 3 N–H and O–H groups in total. The van der Waals surface area contributed by atoms with Gasteiger partial charge in [0.2, 0.25) is 0 Å². The number of benzene rings is 1. The van der Waals surface area contributed by atoms with E-state index in [0.717, 1.165) is 10.1 Å². The van der Waals surface area contributed by atoms with Crippen LogP contribution in [0.1, 0.15) is 42.9 Å². The zero-order valence-corrected chi connectivity index (χ0v) is 14.0. The Labute approximate surface area is 129 Å². The van der Waals surface area contributed by atoms with Gasteiger partial charge >= 0.3 is 0 Å². The van der Waals surface area contributed by atoms with Gasteiger partial charge in [0.1, 0.15) is 4.88 Å². The molecule has 1 aromatic heterocycles. The van der Waals surface area contributed by atoms with E-state index in [1.807, 2.05) is 19.1 Å². The summed E-state index contributed by atoms with van der Waals surface area (Å²) in [5.41, 5.74) is 8.21. The Balaban J connectivity index is 1.91. The zero-order chi connectivity index (χ0) is 15.6. The van der Waals surface area contributed by atoms with Crippen molar-refractivity contribution in [2.75, 3.05) is 5.73 Å². The smallest absolute Gasteiger partial charge is 0.263 e. The van der Waals surface area contributed by atoms with Crippen molar-refractivity contribution in [3.05, 3.63) is 28.6 Å². The van der Waals surface area contributed by atoms with Crippen molar-refractivity contribution in [2.24, 2.45) is 10.8 Å². The Hall–Kier alpha value is -1.55. The second-order valence-corrected chi connectivity index (χ2v) is 8.25. The van der Waals surface area contributed by atoms with E-state index in [1.165, 1.54) is 16.9 Å². The second-order valence-electron chi connectivity index (χ2n) is 7.19. The van der Waals surface area contributed by atoms with Crippen molar-refractivity contribution in [1.82, 2.24) is 5.32 Å². The SMILES string of the molecule is Cc1ccc2c(N)c(C(=O)NC3C(C)(C)C3(C)C)sc2c1. The van der Waals surface area contributed by atoms with E-state index >= 15 is 0 Å². The molecule has 0 atom stereocenters. The molecule has 1 aromatic carbocycles. The summed E-state index contributed by atoms with van der Waals surface area (Å²) in [5.74, 6) is -0.0463. The summed E-state index contributed by atoms with van der Waals surface area (Å²) in [6, 6.07) is 6.31. The highest BCUT2D eigenvalue weighted by molar-refractivity contribution is 7.21. The monoisotopic (exact) mass is 302 g/mol. The molecule has 1 saturated carbocycles. The molecule has 0 radical (unpaired) electrons. The molecule has 4 heteroatoms. The van der Waals surface area contributed by atoms with Gasteiger partial charge in [-0.15, -0.1) is 11.3 Å². The van der Waals surface area contributed by atoms with Crippen LogP contribution in [0.2, 0.25) is 0 Å². The van der Waals surface area contributed by atoms with Gasteiger partial charge in [0.05, 0.1) is 5.69 Å². The molecule has 112 valence electrons. The van der Waals surface area contributed by atoms with Crippen molar-refractivity contribution < 1.29 is 4.79 Å². The number of nitrogen functional groups attached to an aromatic ring is 1. The van der Waals surface area contributed by atoms with Crippen LogP contribution in [-0.2, 0) is 0 Å². The lowest BCUT2D eigenvalue weighted by Crippen LogP contribution is -2.29. The van der Waals surface area contributed by atoms with Gasteiger partial charge in [0, 0.05) is 16.1 Å². The third kappa shape index (κ3) is 1.96. The topological polar surface area (TPSA) is 55.1 Å². The van der Waals surface area contributed by atoms with Gasteiger partial charge in [-0.3, -0.25) is 4.79 Å². The summed E-state index contributed by atoms with van der Waals surface area (Å²) in [7, 11) is 0. The number of nitrogens with two attached hydrogens (primary N) is 1. The van der Waals surface area contributed by atoms with E-state index in [9.17, 15) is 4.79 Å². The molecular weight excluding hydrogens is 280 g/mol. The van der Waals surface area contributed by atoms with Crippen LogP contribution in [0.3, 0.4) is 0 Å². The van der Waals surface area contributed by atoms with Crippen LogP contribution >= 0.6 is 11.3 Å². The van der Waals surface area contributed by atoms with Gasteiger partial charge in [-0.2, -0.15) is 0 Å². The highest BCUT2D eigenvalue weighted by atomic mass is 32.1. The Morgan fingerprint density at radius 2 is 1.86 bits per heavy atom. The molecule has 1 aliphatic rings. The number of amides is 1. The van der Waals surface area contributed by atoms with Crippen LogP contribution < -0.4 is 11.1 Å². The molecule has 0 saturated heterocycles. The average molecular weight is 302 g/mol. The molecule has 3 rings (SSSR count). The number of hydrogen-bond donors (Lipinski definition) is 2. The van der Waals surface area contributed by atoms with Crippen LogP contribution in [0.4, 0.5) is 5.69 Å². The lowest BCUT2D eigenvalue weighted by molar-refractivity contribution is 0.0948. The predicted molar refractivity (Wildman–Crippen MR) is 89.8 cm³/mol. The number of fused-ring (bicyclic) bond motifs is 1. The lowest BCUT2D eigenvalue weighted by Gasteiger charge is -2.06. The highest BCUT2D eigenvalue weighted by Crippen LogP contribution is 2.62. The lowest BCUT2D eigenvalue weighted by atomic mass is 10.0. The van der Waals surface area contributed by atoms with Gasteiger partial charge in [-0.1, -0.05) is 39.8 Å². The van der Waals surface area contributed by atoms with E-state index < -0.39 is 0 Å². The van der Waals surface area contributed by atoms with Gasteiger partial charge in [-0.05, 0) is 29.4 Å². The molecule has 1 aliphatic carbocycles. The maximum absolute atomic E-state index is 12.6. The standard InChI is InChI=1S/C17H22N2OS/c1-9-6-7-10-11(8-9)21-13(12(10)18)14(20)19-15-16(2,3)17(15,4)5/h6-8,15H,18H2,1-5H3,(H,19,20). The van der Waals surface area contributed by atoms with Gasteiger partial charge in [-0.25, -0.2) is 0 Å². The number of thiophene rings is 1. The predicted octanol–water partition coefficient (Wildman–Crippen LogP) is 3.96. The van der Waals surface area contributed by atoms with Gasteiger partial charge < -0.3 is 11.1 Å².